The van der Waals surface area contributed by atoms with Crippen molar-refractivity contribution in [3.8, 4) is 11.1 Å². The molecule has 2 aromatic rings. The lowest BCUT2D eigenvalue weighted by Gasteiger charge is -2.02. The van der Waals surface area contributed by atoms with E-state index in [0.717, 1.165) is 16.0 Å². The van der Waals surface area contributed by atoms with Gasteiger partial charge in [0.2, 0.25) is 0 Å². The van der Waals surface area contributed by atoms with Crippen molar-refractivity contribution < 1.29 is 0 Å². The molecule has 0 unspecified atom stereocenters. The average molecular weight is 185 g/mol. The number of thiol groups is 1. The van der Waals surface area contributed by atoms with Crippen LogP contribution in [0.3, 0.4) is 0 Å². The maximum absolute atomic E-state index is 4.39. The van der Waals surface area contributed by atoms with E-state index in [2.05, 4.69) is 18.7 Å². The van der Waals surface area contributed by atoms with Crippen molar-refractivity contribution in [1.82, 2.24) is 0 Å². The summed E-state index contributed by atoms with van der Waals surface area (Å²) in [6, 6.07) is 19.1. The summed E-state index contributed by atoms with van der Waals surface area (Å²) < 4.78 is 0. The van der Waals surface area contributed by atoms with Gasteiger partial charge >= 0.3 is 0 Å². The largest absolute Gasteiger partial charge is 0.143 e. The molecule has 0 aromatic heterocycles. The fraction of sp³-hybridized carbons (Fsp3) is 0. The first-order valence-electron chi connectivity index (χ1n) is 4.13. The first kappa shape index (κ1) is 8.39. The van der Waals surface area contributed by atoms with Gasteiger partial charge in [0.15, 0.2) is 0 Å². The maximum Gasteiger partial charge on any atom is 0.0119 e. The number of hydrogen-bond donors (Lipinski definition) is 1. The molecule has 0 N–H and O–H groups in total. The van der Waals surface area contributed by atoms with Crippen LogP contribution in [0.1, 0.15) is 0 Å². The Morgan fingerprint density at radius 3 is 2.38 bits per heavy atom. The Labute approximate surface area is 83.6 Å². The molecular formula is C12H9S. The third kappa shape index (κ3) is 1.76. The van der Waals surface area contributed by atoms with Gasteiger partial charge in [-0.2, -0.15) is 0 Å². The van der Waals surface area contributed by atoms with Crippen LogP contribution in [-0.4, -0.2) is 0 Å². The van der Waals surface area contributed by atoms with E-state index in [1.165, 1.54) is 0 Å². The van der Waals surface area contributed by atoms with Crippen molar-refractivity contribution in [2.45, 2.75) is 4.90 Å². The van der Waals surface area contributed by atoms with Gasteiger partial charge in [0.05, 0.1) is 0 Å². The molecule has 63 valence electrons. The van der Waals surface area contributed by atoms with Crippen LogP contribution in [0.5, 0.6) is 0 Å². The normalized spacial score (nSPS) is 9.92. The van der Waals surface area contributed by atoms with Gasteiger partial charge in [0.25, 0.3) is 0 Å². The zero-order chi connectivity index (χ0) is 9.10. The molecule has 0 aliphatic carbocycles. The molecule has 0 aliphatic rings. The minimum atomic E-state index is 0.991. The zero-order valence-electron chi connectivity index (χ0n) is 7.07. The Morgan fingerprint density at radius 1 is 0.923 bits per heavy atom. The van der Waals surface area contributed by atoms with Crippen molar-refractivity contribution in [2.24, 2.45) is 0 Å². The highest BCUT2D eigenvalue weighted by molar-refractivity contribution is 7.80. The highest BCUT2D eigenvalue weighted by Crippen LogP contribution is 2.24. The summed E-state index contributed by atoms with van der Waals surface area (Å²) in [5.74, 6) is 0. The van der Waals surface area contributed by atoms with Gasteiger partial charge in [-0.15, -0.1) is 12.6 Å². The second-order valence-corrected chi connectivity index (χ2v) is 3.28. The van der Waals surface area contributed by atoms with Gasteiger partial charge in [0.1, 0.15) is 0 Å². The van der Waals surface area contributed by atoms with Crippen molar-refractivity contribution in [3.05, 3.63) is 54.6 Å². The van der Waals surface area contributed by atoms with Crippen LogP contribution in [0.25, 0.3) is 11.1 Å². The van der Waals surface area contributed by atoms with E-state index in [0.29, 0.717) is 0 Å². The third-order valence-electron chi connectivity index (χ3n) is 1.90. The van der Waals surface area contributed by atoms with E-state index < -0.39 is 0 Å². The lowest BCUT2D eigenvalue weighted by molar-refractivity contribution is 1.45. The highest BCUT2D eigenvalue weighted by atomic mass is 32.1. The SMILES string of the molecule is Sc1ccccc1-c1[c]cccc1. The molecule has 0 bridgehead atoms. The topological polar surface area (TPSA) is 0 Å². The van der Waals surface area contributed by atoms with Crippen molar-refractivity contribution in [3.63, 3.8) is 0 Å². The number of hydrogen-bond acceptors (Lipinski definition) is 1. The minimum absolute atomic E-state index is 0.991. The summed E-state index contributed by atoms with van der Waals surface area (Å²) in [6.45, 7) is 0. The molecular weight excluding hydrogens is 176 g/mol. The molecule has 0 saturated heterocycles. The molecule has 0 atom stereocenters. The van der Waals surface area contributed by atoms with Crippen LogP contribution in [0.4, 0.5) is 0 Å². The predicted molar refractivity (Wildman–Crippen MR) is 58.0 cm³/mol. The Hall–Kier alpha value is -1.21. The summed E-state index contributed by atoms with van der Waals surface area (Å²) in [5.41, 5.74) is 2.22. The Balaban J connectivity index is 2.54. The van der Waals surface area contributed by atoms with Gasteiger partial charge in [-0.1, -0.05) is 42.5 Å². The predicted octanol–water partition coefficient (Wildman–Crippen LogP) is 3.44. The molecule has 0 heterocycles. The summed E-state index contributed by atoms with van der Waals surface area (Å²) in [6.07, 6.45) is 0. The van der Waals surface area contributed by atoms with E-state index in [1.54, 1.807) is 0 Å². The van der Waals surface area contributed by atoms with Crippen molar-refractivity contribution >= 4 is 12.6 Å². The molecule has 1 heteroatoms. The molecule has 0 amide bonds. The van der Waals surface area contributed by atoms with Crippen LogP contribution in [-0.2, 0) is 0 Å². The number of rotatable bonds is 1. The summed E-state index contributed by atoms with van der Waals surface area (Å²) >= 11 is 4.39. The van der Waals surface area contributed by atoms with Gasteiger partial charge < -0.3 is 0 Å². The highest BCUT2D eigenvalue weighted by Gasteiger charge is 1.99. The molecule has 0 spiro atoms. The first-order chi connectivity index (χ1) is 6.38. The average Bonchev–Trinajstić information content (AvgIpc) is 2.20. The minimum Gasteiger partial charge on any atom is -0.143 e. The lowest BCUT2D eigenvalue weighted by Crippen LogP contribution is -1.78. The zero-order valence-corrected chi connectivity index (χ0v) is 7.96. The molecule has 0 nitrogen and oxygen atoms in total. The van der Waals surface area contributed by atoms with Crippen molar-refractivity contribution in [1.29, 1.82) is 0 Å². The second-order valence-electron chi connectivity index (χ2n) is 2.79. The van der Waals surface area contributed by atoms with Gasteiger partial charge in [-0.25, -0.2) is 0 Å². The van der Waals surface area contributed by atoms with Gasteiger partial charge in [0, 0.05) is 4.90 Å². The standard InChI is InChI=1S/C12H9S/c13-12-9-5-4-8-11(12)10-6-2-1-3-7-10/h1-6,8-9,13H. The molecule has 13 heavy (non-hydrogen) atoms. The van der Waals surface area contributed by atoms with E-state index in [9.17, 15) is 0 Å². The van der Waals surface area contributed by atoms with E-state index in [-0.39, 0.29) is 0 Å². The molecule has 2 rings (SSSR count). The first-order valence-corrected chi connectivity index (χ1v) is 4.58. The molecule has 0 saturated carbocycles. The fourth-order valence-electron chi connectivity index (χ4n) is 1.26. The molecule has 1 radical (unpaired) electrons. The Morgan fingerprint density at radius 2 is 1.69 bits per heavy atom. The summed E-state index contributed by atoms with van der Waals surface area (Å²) in [7, 11) is 0. The van der Waals surface area contributed by atoms with Crippen LogP contribution in [0.2, 0.25) is 0 Å². The Bertz CT molecular complexity index is 393. The lowest BCUT2D eigenvalue weighted by atomic mass is 10.1. The van der Waals surface area contributed by atoms with Crippen LogP contribution < -0.4 is 0 Å². The fourth-order valence-corrected chi connectivity index (χ4v) is 1.54. The quantitative estimate of drug-likeness (QED) is 0.646. The van der Waals surface area contributed by atoms with E-state index in [4.69, 9.17) is 0 Å². The molecule has 0 aliphatic heterocycles. The van der Waals surface area contributed by atoms with Crippen LogP contribution in [0, 0.1) is 6.07 Å². The smallest absolute Gasteiger partial charge is 0.0119 e. The Kier molecular flexibility index (Phi) is 2.37. The van der Waals surface area contributed by atoms with Crippen LogP contribution in [0.15, 0.2) is 53.4 Å². The van der Waals surface area contributed by atoms with Crippen molar-refractivity contribution in [2.75, 3.05) is 0 Å². The summed E-state index contributed by atoms with van der Waals surface area (Å²) in [4.78, 5) is 0.991. The molecule has 2 aromatic carbocycles. The van der Waals surface area contributed by atoms with E-state index in [1.807, 2.05) is 48.5 Å². The second kappa shape index (κ2) is 3.67. The van der Waals surface area contributed by atoms with Crippen LogP contribution >= 0.6 is 12.6 Å². The third-order valence-corrected chi connectivity index (χ3v) is 2.29. The molecule has 0 fully saturated rings. The van der Waals surface area contributed by atoms with E-state index >= 15 is 0 Å². The number of benzene rings is 2. The monoisotopic (exact) mass is 185 g/mol. The maximum atomic E-state index is 4.39. The van der Waals surface area contributed by atoms with Gasteiger partial charge in [-0.3, -0.25) is 0 Å². The van der Waals surface area contributed by atoms with Gasteiger partial charge in [-0.05, 0) is 23.3 Å². The summed E-state index contributed by atoms with van der Waals surface area (Å²) in [5, 5.41) is 0.